The van der Waals surface area contributed by atoms with Crippen molar-refractivity contribution in [2.45, 2.75) is 13.5 Å². The second kappa shape index (κ2) is 8.91. The molecule has 0 atom stereocenters. The van der Waals surface area contributed by atoms with Crippen LogP contribution in [-0.4, -0.2) is 23.6 Å². The molecule has 0 fully saturated rings. The molecular weight excluding hydrogens is 401 g/mol. The Morgan fingerprint density at radius 1 is 1.14 bits per heavy atom. The van der Waals surface area contributed by atoms with Crippen molar-refractivity contribution in [2.75, 3.05) is 11.9 Å². The van der Waals surface area contributed by atoms with Gasteiger partial charge < -0.3 is 15.4 Å². The minimum absolute atomic E-state index is 0.178. The molecule has 2 amide bonds. The van der Waals surface area contributed by atoms with Crippen molar-refractivity contribution < 1.29 is 14.3 Å². The molecule has 28 heavy (non-hydrogen) atoms. The van der Waals surface area contributed by atoms with Crippen molar-refractivity contribution in [3.63, 3.8) is 0 Å². The summed E-state index contributed by atoms with van der Waals surface area (Å²) in [5.41, 5.74) is 1.47. The molecule has 0 saturated heterocycles. The summed E-state index contributed by atoms with van der Waals surface area (Å²) in [5, 5.41) is 8.00. The average molecular weight is 418 g/mol. The SMILES string of the molecule is CCOC(=O)c1cc2c(NC(=O)NCc3ccc(Cl)cc3Cl)cccc2cn1. The molecule has 0 radical (unpaired) electrons. The standard InChI is InChI=1S/C20H17Cl2N3O3/c1-2-28-19(26)18-9-15-12(10-23-18)4-3-5-17(15)25-20(27)24-11-13-6-7-14(21)8-16(13)22/h3-10H,2,11H2,1H3,(H2,24,25,27). The number of nitrogens with zero attached hydrogens (tertiary/aromatic N) is 1. The number of esters is 1. The highest BCUT2D eigenvalue weighted by molar-refractivity contribution is 6.35. The van der Waals surface area contributed by atoms with E-state index in [0.717, 1.165) is 10.9 Å². The molecule has 1 heterocycles. The van der Waals surface area contributed by atoms with Crippen LogP contribution >= 0.6 is 23.2 Å². The zero-order valence-corrected chi connectivity index (χ0v) is 16.5. The molecule has 6 nitrogen and oxygen atoms in total. The van der Waals surface area contributed by atoms with Gasteiger partial charge in [-0.2, -0.15) is 0 Å². The fourth-order valence-electron chi connectivity index (χ4n) is 2.60. The van der Waals surface area contributed by atoms with E-state index in [1.807, 2.05) is 6.07 Å². The molecule has 0 bridgehead atoms. The van der Waals surface area contributed by atoms with Gasteiger partial charge in [-0.3, -0.25) is 0 Å². The van der Waals surface area contributed by atoms with E-state index in [1.54, 1.807) is 49.5 Å². The van der Waals surface area contributed by atoms with Crippen LogP contribution in [0.25, 0.3) is 10.8 Å². The van der Waals surface area contributed by atoms with E-state index in [2.05, 4.69) is 15.6 Å². The van der Waals surface area contributed by atoms with Gasteiger partial charge in [0.25, 0.3) is 0 Å². The van der Waals surface area contributed by atoms with Crippen LogP contribution in [0.3, 0.4) is 0 Å². The summed E-state index contributed by atoms with van der Waals surface area (Å²) in [4.78, 5) is 28.4. The second-order valence-corrected chi connectivity index (χ2v) is 6.70. The highest BCUT2D eigenvalue weighted by Crippen LogP contribution is 2.24. The first kappa shape index (κ1) is 19.9. The largest absolute Gasteiger partial charge is 0.461 e. The van der Waals surface area contributed by atoms with Crippen molar-refractivity contribution in [2.24, 2.45) is 0 Å². The summed E-state index contributed by atoms with van der Waals surface area (Å²) in [6.07, 6.45) is 1.57. The Balaban J connectivity index is 1.76. The molecular formula is C20H17Cl2N3O3. The average Bonchev–Trinajstić information content (AvgIpc) is 2.67. The van der Waals surface area contributed by atoms with Crippen molar-refractivity contribution in [3.8, 4) is 0 Å². The topological polar surface area (TPSA) is 80.3 Å². The zero-order valence-electron chi connectivity index (χ0n) is 15.0. The lowest BCUT2D eigenvalue weighted by Gasteiger charge is -2.11. The number of anilines is 1. The lowest BCUT2D eigenvalue weighted by Crippen LogP contribution is -2.28. The molecule has 0 aliphatic heterocycles. The van der Waals surface area contributed by atoms with E-state index in [4.69, 9.17) is 27.9 Å². The minimum Gasteiger partial charge on any atom is -0.461 e. The predicted molar refractivity (Wildman–Crippen MR) is 110 cm³/mol. The van der Waals surface area contributed by atoms with Crippen molar-refractivity contribution in [3.05, 3.63) is 70.0 Å². The van der Waals surface area contributed by atoms with E-state index in [1.165, 1.54) is 0 Å². The number of carbonyl (C=O) groups excluding carboxylic acids is 2. The van der Waals surface area contributed by atoms with Crippen LogP contribution in [0.5, 0.6) is 0 Å². The Bertz CT molecular complexity index is 1040. The molecule has 3 rings (SSSR count). The number of pyridine rings is 1. The first-order valence-electron chi connectivity index (χ1n) is 8.52. The molecule has 144 valence electrons. The van der Waals surface area contributed by atoms with Crippen molar-refractivity contribution in [1.29, 1.82) is 0 Å². The number of nitrogens with one attached hydrogen (secondary N) is 2. The number of rotatable bonds is 5. The fourth-order valence-corrected chi connectivity index (χ4v) is 3.08. The van der Waals surface area contributed by atoms with Gasteiger partial charge >= 0.3 is 12.0 Å². The maximum atomic E-state index is 12.3. The molecule has 0 aliphatic rings. The Kier molecular flexibility index (Phi) is 6.34. The van der Waals surface area contributed by atoms with Gasteiger partial charge in [0.15, 0.2) is 0 Å². The summed E-state index contributed by atoms with van der Waals surface area (Å²) in [6.45, 7) is 2.22. The van der Waals surface area contributed by atoms with Crippen LogP contribution in [0, 0.1) is 0 Å². The van der Waals surface area contributed by atoms with Gasteiger partial charge in [-0.05, 0) is 36.8 Å². The third kappa shape index (κ3) is 4.71. The third-order valence-electron chi connectivity index (χ3n) is 3.95. The number of benzene rings is 2. The number of halogens is 2. The molecule has 0 saturated carbocycles. The molecule has 1 aromatic heterocycles. The summed E-state index contributed by atoms with van der Waals surface area (Å²) in [7, 11) is 0. The number of carbonyl (C=O) groups is 2. The van der Waals surface area contributed by atoms with Gasteiger partial charge in [0.05, 0.1) is 12.3 Å². The van der Waals surface area contributed by atoms with E-state index >= 15 is 0 Å². The Morgan fingerprint density at radius 2 is 1.96 bits per heavy atom. The van der Waals surface area contributed by atoms with Crippen LogP contribution < -0.4 is 10.6 Å². The Labute approximate surface area is 171 Å². The lowest BCUT2D eigenvalue weighted by atomic mass is 10.1. The number of aromatic nitrogens is 1. The fraction of sp³-hybridized carbons (Fsp3) is 0.150. The van der Waals surface area contributed by atoms with Gasteiger partial charge in [-0.15, -0.1) is 0 Å². The highest BCUT2D eigenvalue weighted by atomic mass is 35.5. The molecule has 0 aliphatic carbocycles. The quantitative estimate of drug-likeness (QED) is 0.569. The van der Waals surface area contributed by atoms with E-state index in [-0.39, 0.29) is 18.8 Å². The second-order valence-electron chi connectivity index (χ2n) is 5.86. The monoisotopic (exact) mass is 417 g/mol. The van der Waals surface area contributed by atoms with Gasteiger partial charge in [-0.1, -0.05) is 41.4 Å². The molecule has 2 aromatic carbocycles. The lowest BCUT2D eigenvalue weighted by molar-refractivity contribution is 0.0519. The Hall–Kier alpha value is -2.83. The van der Waals surface area contributed by atoms with Crippen LogP contribution in [0.2, 0.25) is 10.0 Å². The van der Waals surface area contributed by atoms with Crippen LogP contribution in [0.4, 0.5) is 10.5 Å². The first-order chi connectivity index (χ1) is 13.5. The normalized spacial score (nSPS) is 10.5. The summed E-state index contributed by atoms with van der Waals surface area (Å²) in [6, 6.07) is 11.6. The molecule has 0 unspecified atom stereocenters. The Morgan fingerprint density at radius 3 is 2.71 bits per heavy atom. The summed E-state index contributed by atoms with van der Waals surface area (Å²) >= 11 is 12.0. The van der Waals surface area contributed by atoms with Crippen molar-refractivity contribution in [1.82, 2.24) is 10.3 Å². The van der Waals surface area contributed by atoms with Gasteiger partial charge in [-0.25, -0.2) is 14.6 Å². The van der Waals surface area contributed by atoms with Crippen LogP contribution in [0.15, 0.2) is 48.7 Å². The third-order valence-corrected chi connectivity index (χ3v) is 4.54. The summed E-state index contributed by atoms with van der Waals surface area (Å²) in [5.74, 6) is -0.513. The smallest absolute Gasteiger partial charge is 0.356 e. The van der Waals surface area contributed by atoms with Gasteiger partial charge in [0, 0.05) is 33.6 Å². The minimum atomic E-state index is -0.513. The number of hydrogen-bond acceptors (Lipinski definition) is 4. The number of hydrogen-bond donors (Lipinski definition) is 2. The maximum absolute atomic E-state index is 12.3. The molecule has 8 heteroatoms. The number of ether oxygens (including phenoxy) is 1. The first-order valence-corrected chi connectivity index (χ1v) is 9.28. The number of fused-ring (bicyclic) bond motifs is 1. The van der Waals surface area contributed by atoms with Gasteiger partial charge in [0.1, 0.15) is 5.69 Å². The van der Waals surface area contributed by atoms with Gasteiger partial charge in [0.2, 0.25) is 0 Å². The number of urea groups is 1. The van der Waals surface area contributed by atoms with E-state index in [0.29, 0.717) is 21.1 Å². The highest BCUT2D eigenvalue weighted by Gasteiger charge is 2.12. The molecule has 0 spiro atoms. The van der Waals surface area contributed by atoms with Crippen molar-refractivity contribution >= 4 is 51.7 Å². The van der Waals surface area contributed by atoms with Crippen LogP contribution in [-0.2, 0) is 11.3 Å². The number of amides is 2. The zero-order chi connectivity index (χ0) is 20.1. The summed E-state index contributed by atoms with van der Waals surface area (Å²) < 4.78 is 4.98. The molecule has 2 N–H and O–H groups in total. The van der Waals surface area contributed by atoms with Crippen LogP contribution in [0.1, 0.15) is 23.0 Å². The predicted octanol–water partition coefficient (Wildman–Crippen LogP) is 5.04. The van der Waals surface area contributed by atoms with E-state index < -0.39 is 12.0 Å². The van der Waals surface area contributed by atoms with E-state index in [9.17, 15) is 9.59 Å². The maximum Gasteiger partial charge on any atom is 0.356 e. The molecule has 3 aromatic rings.